The minimum absolute atomic E-state index is 0.105. The maximum absolute atomic E-state index is 12.2. The highest BCUT2D eigenvalue weighted by Crippen LogP contribution is 2.33. The summed E-state index contributed by atoms with van der Waals surface area (Å²) in [6, 6.07) is 4.20. The van der Waals surface area contributed by atoms with E-state index >= 15 is 0 Å². The predicted octanol–water partition coefficient (Wildman–Crippen LogP) is 1.52. The Labute approximate surface area is 135 Å². The normalized spacial score (nSPS) is 26.4. The fraction of sp³-hybridized carbons (Fsp3) is 0.529. The summed E-state index contributed by atoms with van der Waals surface area (Å²) in [5, 5.41) is 4.29. The average Bonchev–Trinajstić information content (AvgIpc) is 2.95. The summed E-state index contributed by atoms with van der Waals surface area (Å²) in [5.41, 5.74) is 3.24. The number of carbonyl (C=O) groups is 1. The Balaban J connectivity index is 1.63. The molecule has 1 amide bonds. The third-order valence-corrected chi connectivity index (χ3v) is 4.89. The van der Waals surface area contributed by atoms with Gasteiger partial charge in [-0.3, -0.25) is 9.69 Å². The lowest BCUT2D eigenvalue weighted by Crippen LogP contribution is -2.55. The molecule has 6 nitrogen and oxygen atoms in total. The summed E-state index contributed by atoms with van der Waals surface area (Å²) < 4.78 is 5.42. The Hall–Kier alpha value is -1.92. The first kappa shape index (κ1) is 14.7. The highest BCUT2D eigenvalue weighted by atomic mass is 16.5. The van der Waals surface area contributed by atoms with Crippen LogP contribution in [0.1, 0.15) is 30.0 Å². The molecule has 122 valence electrons. The van der Waals surface area contributed by atoms with E-state index in [0.29, 0.717) is 6.42 Å². The summed E-state index contributed by atoms with van der Waals surface area (Å²) in [6.07, 6.45) is 3.43. The summed E-state index contributed by atoms with van der Waals surface area (Å²) >= 11 is 0. The molecule has 0 aromatic carbocycles. The van der Waals surface area contributed by atoms with Gasteiger partial charge in [-0.05, 0) is 37.0 Å². The molecule has 2 atom stereocenters. The number of nitrogens with zero attached hydrogens (tertiary/aromatic N) is 2. The van der Waals surface area contributed by atoms with Crippen molar-refractivity contribution in [2.75, 3.05) is 26.3 Å². The minimum Gasteiger partial charge on any atom is -0.379 e. The molecule has 2 aliphatic rings. The van der Waals surface area contributed by atoms with Gasteiger partial charge in [0.25, 0.3) is 0 Å². The number of pyridine rings is 1. The molecule has 2 aliphatic heterocycles. The van der Waals surface area contributed by atoms with Crippen LogP contribution in [0.2, 0.25) is 0 Å². The Morgan fingerprint density at radius 3 is 3.00 bits per heavy atom. The number of amides is 1. The molecule has 2 aromatic heterocycles. The van der Waals surface area contributed by atoms with Gasteiger partial charge in [0, 0.05) is 36.8 Å². The number of aryl methyl sites for hydroxylation is 1. The number of piperidine rings is 1. The molecule has 4 heterocycles. The third-order valence-electron chi connectivity index (χ3n) is 4.89. The van der Waals surface area contributed by atoms with Crippen LogP contribution in [-0.4, -0.2) is 53.2 Å². The van der Waals surface area contributed by atoms with Gasteiger partial charge in [0.05, 0.1) is 19.4 Å². The molecule has 0 radical (unpaired) electrons. The van der Waals surface area contributed by atoms with Crippen molar-refractivity contribution < 1.29 is 9.53 Å². The summed E-state index contributed by atoms with van der Waals surface area (Å²) in [6.45, 7) is 5.29. The van der Waals surface area contributed by atoms with Gasteiger partial charge in [-0.25, -0.2) is 4.98 Å². The van der Waals surface area contributed by atoms with Crippen LogP contribution in [-0.2, 0) is 9.53 Å². The van der Waals surface area contributed by atoms with E-state index < -0.39 is 0 Å². The van der Waals surface area contributed by atoms with Gasteiger partial charge < -0.3 is 15.0 Å². The molecular weight excluding hydrogens is 292 g/mol. The van der Waals surface area contributed by atoms with Crippen molar-refractivity contribution in [3.05, 3.63) is 29.6 Å². The number of hydrogen-bond donors (Lipinski definition) is 2. The van der Waals surface area contributed by atoms with Crippen LogP contribution in [0, 0.1) is 6.92 Å². The van der Waals surface area contributed by atoms with Crippen molar-refractivity contribution >= 4 is 16.9 Å². The third kappa shape index (κ3) is 2.84. The summed E-state index contributed by atoms with van der Waals surface area (Å²) in [7, 11) is 0. The zero-order valence-electron chi connectivity index (χ0n) is 13.3. The SMILES string of the molecule is Cc1cc2c(C3CC(=O)NC(N4CCOCC4)C3)ccnc2[nH]1. The van der Waals surface area contributed by atoms with E-state index in [1.54, 1.807) is 0 Å². The number of fused-ring (bicyclic) bond motifs is 1. The molecule has 2 unspecified atom stereocenters. The standard InChI is InChI=1S/C17H22N4O2/c1-11-8-14-13(2-3-18-17(14)19-11)12-9-15(20-16(22)10-12)21-4-6-23-7-5-21/h2-3,8,12,15H,4-7,9-10H2,1H3,(H,18,19)(H,20,22). The molecule has 2 N–H and O–H groups in total. The molecule has 0 saturated carbocycles. The molecule has 23 heavy (non-hydrogen) atoms. The molecule has 2 aromatic rings. The van der Waals surface area contributed by atoms with E-state index in [9.17, 15) is 4.79 Å². The quantitative estimate of drug-likeness (QED) is 0.882. The van der Waals surface area contributed by atoms with Crippen LogP contribution in [0.15, 0.2) is 18.3 Å². The number of H-pyrrole nitrogens is 1. The molecule has 0 bridgehead atoms. The maximum atomic E-state index is 12.2. The first-order valence-corrected chi connectivity index (χ1v) is 8.26. The van der Waals surface area contributed by atoms with E-state index in [2.05, 4.69) is 32.3 Å². The topological polar surface area (TPSA) is 70.2 Å². The van der Waals surface area contributed by atoms with Crippen LogP contribution < -0.4 is 5.32 Å². The number of nitrogens with one attached hydrogen (secondary N) is 2. The van der Waals surface area contributed by atoms with Gasteiger partial charge >= 0.3 is 0 Å². The zero-order valence-corrected chi connectivity index (χ0v) is 13.3. The molecule has 2 saturated heterocycles. The van der Waals surface area contributed by atoms with Crippen LogP contribution >= 0.6 is 0 Å². The first-order valence-electron chi connectivity index (χ1n) is 8.26. The molecule has 0 aliphatic carbocycles. The second-order valence-electron chi connectivity index (χ2n) is 6.48. The summed E-state index contributed by atoms with van der Waals surface area (Å²) in [5.74, 6) is 0.368. The van der Waals surface area contributed by atoms with E-state index in [-0.39, 0.29) is 18.0 Å². The Morgan fingerprint density at radius 2 is 2.17 bits per heavy atom. The predicted molar refractivity (Wildman–Crippen MR) is 87.1 cm³/mol. The van der Waals surface area contributed by atoms with Gasteiger partial charge in [-0.15, -0.1) is 0 Å². The van der Waals surface area contributed by atoms with E-state index in [4.69, 9.17) is 4.74 Å². The smallest absolute Gasteiger partial charge is 0.221 e. The van der Waals surface area contributed by atoms with E-state index in [0.717, 1.165) is 49.5 Å². The van der Waals surface area contributed by atoms with Gasteiger partial charge in [-0.2, -0.15) is 0 Å². The van der Waals surface area contributed by atoms with Gasteiger partial charge in [0.15, 0.2) is 0 Å². The average molecular weight is 314 g/mol. The summed E-state index contributed by atoms with van der Waals surface area (Å²) in [4.78, 5) is 22.3. The van der Waals surface area contributed by atoms with Gasteiger partial charge in [0.2, 0.25) is 5.91 Å². The van der Waals surface area contributed by atoms with Crippen molar-refractivity contribution in [2.45, 2.75) is 31.8 Å². The van der Waals surface area contributed by atoms with Crippen molar-refractivity contribution in [3.8, 4) is 0 Å². The van der Waals surface area contributed by atoms with E-state index in [1.165, 1.54) is 5.56 Å². The number of rotatable bonds is 2. The number of ether oxygens (including phenoxy) is 1. The molecular formula is C17H22N4O2. The maximum Gasteiger partial charge on any atom is 0.221 e. The van der Waals surface area contributed by atoms with Gasteiger partial charge in [-0.1, -0.05) is 0 Å². The number of aromatic amines is 1. The lowest BCUT2D eigenvalue weighted by Gasteiger charge is -2.39. The fourth-order valence-corrected chi connectivity index (χ4v) is 3.78. The Kier molecular flexibility index (Phi) is 3.79. The monoisotopic (exact) mass is 314 g/mol. The van der Waals surface area contributed by atoms with Crippen LogP contribution in [0.4, 0.5) is 0 Å². The molecule has 6 heteroatoms. The van der Waals surface area contributed by atoms with Crippen molar-refractivity contribution in [3.63, 3.8) is 0 Å². The van der Waals surface area contributed by atoms with Crippen molar-refractivity contribution in [1.29, 1.82) is 0 Å². The zero-order chi connectivity index (χ0) is 15.8. The lowest BCUT2D eigenvalue weighted by atomic mass is 9.86. The number of hydrogen-bond acceptors (Lipinski definition) is 4. The highest BCUT2D eigenvalue weighted by molar-refractivity contribution is 5.83. The minimum atomic E-state index is 0.105. The first-order chi connectivity index (χ1) is 11.2. The largest absolute Gasteiger partial charge is 0.379 e. The highest BCUT2D eigenvalue weighted by Gasteiger charge is 2.32. The number of aromatic nitrogens is 2. The van der Waals surface area contributed by atoms with Crippen molar-refractivity contribution in [2.24, 2.45) is 0 Å². The van der Waals surface area contributed by atoms with Crippen LogP contribution in [0.25, 0.3) is 11.0 Å². The lowest BCUT2D eigenvalue weighted by molar-refractivity contribution is -0.126. The van der Waals surface area contributed by atoms with Gasteiger partial charge in [0.1, 0.15) is 5.65 Å². The van der Waals surface area contributed by atoms with Crippen LogP contribution in [0.5, 0.6) is 0 Å². The van der Waals surface area contributed by atoms with Crippen molar-refractivity contribution in [1.82, 2.24) is 20.2 Å². The second kappa shape index (κ2) is 5.94. The Bertz CT molecular complexity index is 720. The molecule has 2 fully saturated rings. The number of morpholine rings is 1. The van der Waals surface area contributed by atoms with Crippen LogP contribution in [0.3, 0.4) is 0 Å². The fourth-order valence-electron chi connectivity index (χ4n) is 3.78. The number of carbonyl (C=O) groups excluding carboxylic acids is 1. The second-order valence-corrected chi connectivity index (χ2v) is 6.48. The Morgan fingerprint density at radius 1 is 1.35 bits per heavy atom. The van der Waals surface area contributed by atoms with E-state index in [1.807, 2.05) is 13.1 Å². The molecule has 0 spiro atoms. The molecule has 4 rings (SSSR count).